The fourth-order valence-corrected chi connectivity index (χ4v) is 1.72. The van der Waals surface area contributed by atoms with Gasteiger partial charge in [-0.1, -0.05) is 26.8 Å². The van der Waals surface area contributed by atoms with Crippen LogP contribution >= 0.6 is 0 Å². The Labute approximate surface area is 84.6 Å². The zero-order chi connectivity index (χ0) is 10.3. The van der Waals surface area contributed by atoms with Crippen molar-refractivity contribution in [2.24, 2.45) is 0 Å². The summed E-state index contributed by atoms with van der Waals surface area (Å²) in [6, 6.07) is 4.24. The number of rotatable bonds is 0. The van der Waals surface area contributed by atoms with E-state index >= 15 is 0 Å². The van der Waals surface area contributed by atoms with Crippen molar-refractivity contribution in [3.8, 4) is 0 Å². The van der Waals surface area contributed by atoms with Gasteiger partial charge in [-0.15, -0.1) is 0 Å². The number of aromatic nitrogens is 2. The Bertz CT molecular complexity index is 461. The number of hydrogen-bond acceptors (Lipinski definition) is 1. The largest absolute Gasteiger partial charge is 0.304 e. The molecule has 0 unspecified atom stereocenters. The maximum absolute atomic E-state index is 4.45. The van der Waals surface area contributed by atoms with Crippen LogP contribution in [0.2, 0.25) is 0 Å². The molecule has 0 N–H and O–H groups in total. The third-order valence-electron chi connectivity index (χ3n) is 2.53. The first-order valence-corrected chi connectivity index (χ1v) is 4.93. The highest BCUT2D eigenvalue weighted by molar-refractivity contribution is 5.52. The van der Waals surface area contributed by atoms with Crippen LogP contribution in [0.3, 0.4) is 0 Å². The van der Waals surface area contributed by atoms with Gasteiger partial charge in [0.1, 0.15) is 5.65 Å². The lowest BCUT2D eigenvalue weighted by molar-refractivity contribution is 0.591. The van der Waals surface area contributed by atoms with Gasteiger partial charge < -0.3 is 4.40 Å². The van der Waals surface area contributed by atoms with E-state index in [2.05, 4.69) is 55.4 Å². The first-order valence-electron chi connectivity index (χ1n) is 4.93. The molecule has 2 rings (SSSR count). The van der Waals surface area contributed by atoms with Crippen molar-refractivity contribution >= 4 is 5.65 Å². The van der Waals surface area contributed by atoms with Crippen LogP contribution in [0, 0.1) is 6.92 Å². The summed E-state index contributed by atoms with van der Waals surface area (Å²) in [5.74, 6) is 0. The second-order valence-corrected chi connectivity index (χ2v) is 4.77. The Kier molecular flexibility index (Phi) is 1.88. The normalized spacial score (nSPS) is 12.3. The minimum atomic E-state index is 0.153. The molecule has 0 aromatic carbocycles. The number of fused-ring (bicyclic) bond motifs is 1. The summed E-state index contributed by atoms with van der Waals surface area (Å²) in [6.07, 6.45) is 3.98. The molecule has 0 aliphatic rings. The van der Waals surface area contributed by atoms with E-state index in [4.69, 9.17) is 0 Å². The molecule has 2 nitrogen and oxygen atoms in total. The van der Waals surface area contributed by atoms with Crippen molar-refractivity contribution in [1.29, 1.82) is 0 Å². The van der Waals surface area contributed by atoms with Crippen LogP contribution < -0.4 is 0 Å². The smallest absolute Gasteiger partial charge is 0.140 e. The van der Waals surface area contributed by atoms with E-state index in [-0.39, 0.29) is 5.41 Å². The minimum Gasteiger partial charge on any atom is -0.304 e. The molecule has 2 aromatic heterocycles. The van der Waals surface area contributed by atoms with Gasteiger partial charge in [-0.2, -0.15) is 0 Å². The molecule has 0 saturated carbocycles. The van der Waals surface area contributed by atoms with Crippen LogP contribution in [-0.2, 0) is 5.41 Å². The third-order valence-corrected chi connectivity index (χ3v) is 2.53. The summed E-state index contributed by atoms with van der Waals surface area (Å²) in [7, 11) is 0. The number of pyridine rings is 1. The van der Waals surface area contributed by atoms with Crippen LogP contribution in [-0.4, -0.2) is 9.38 Å². The van der Waals surface area contributed by atoms with E-state index in [1.807, 2.05) is 6.20 Å². The molecule has 74 valence electrons. The van der Waals surface area contributed by atoms with Crippen molar-refractivity contribution in [2.45, 2.75) is 33.1 Å². The lowest BCUT2D eigenvalue weighted by Crippen LogP contribution is -2.12. The average molecular weight is 188 g/mol. The zero-order valence-electron chi connectivity index (χ0n) is 9.20. The lowest BCUT2D eigenvalue weighted by atomic mass is 9.88. The average Bonchev–Trinajstić information content (AvgIpc) is 2.46. The van der Waals surface area contributed by atoms with Gasteiger partial charge in [0, 0.05) is 23.7 Å². The molecule has 14 heavy (non-hydrogen) atoms. The summed E-state index contributed by atoms with van der Waals surface area (Å²) < 4.78 is 2.14. The molecule has 0 bridgehead atoms. The fraction of sp³-hybridized carbons (Fsp3) is 0.417. The molecular weight excluding hydrogens is 172 g/mol. The molecule has 2 heterocycles. The van der Waals surface area contributed by atoms with Crippen molar-refractivity contribution in [3.05, 3.63) is 35.8 Å². The van der Waals surface area contributed by atoms with Crippen molar-refractivity contribution < 1.29 is 0 Å². The predicted molar refractivity (Wildman–Crippen MR) is 58.6 cm³/mol. The number of hydrogen-bond donors (Lipinski definition) is 0. The van der Waals surface area contributed by atoms with Gasteiger partial charge in [0.25, 0.3) is 0 Å². The van der Waals surface area contributed by atoms with E-state index in [9.17, 15) is 0 Å². The summed E-state index contributed by atoms with van der Waals surface area (Å²) >= 11 is 0. The molecule has 2 aromatic rings. The van der Waals surface area contributed by atoms with E-state index in [0.29, 0.717) is 0 Å². The molecule has 0 fully saturated rings. The SMILES string of the molecule is Cc1cnc2c(C(C)(C)C)cccn12. The first-order chi connectivity index (χ1) is 6.50. The molecule has 0 saturated heterocycles. The maximum Gasteiger partial charge on any atom is 0.140 e. The van der Waals surface area contributed by atoms with E-state index < -0.39 is 0 Å². The van der Waals surface area contributed by atoms with Gasteiger partial charge in [-0.3, -0.25) is 0 Å². The van der Waals surface area contributed by atoms with E-state index in [0.717, 1.165) is 5.65 Å². The van der Waals surface area contributed by atoms with E-state index in [1.54, 1.807) is 0 Å². The highest BCUT2D eigenvalue weighted by Crippen LogP contribution is 2.25. The maximum atomic E-state index is 4.45. The van der Waals surface area contributed by atoms with Gasteiger partial charge in [-0.05, 0) is 18.4 Å². The second-order valence-electron chi connectivity index (χ2n) is 4.77. The van der Waals surface area contributed by atoms with Crippen molar-refractivity contribution in [3.63, 3.8) is 0 Å². The highest BCUT2D eigenvalue weighted by atomic mass is 15.0. The van der Waals surface area contributed by atoms with Crippen LogP contribution in [0.15, 0.2) is 24.5 Å². The molecule has 0 spiro atoms. The summed E-state index contributed by atoms with van der Waals surface area (Å²) in [5.41, 5.74) is 3.72. The van der Waals surface area contributed by atoms with Crippen LogP contribution in [0.4, 0.5) is 0 Å². The topological polar surface area (TPSA) is 17.3 Å². The molecular formula is C12H16N2. The Balaban J connectivity index is 2.79. The van der Waals surface area contributed by atoms with Gasteiger partial charge in [-0.25, -0.2) is 4.98 Å². The van der Waals surface area contributed by atoms with E-state index in [1.165, 1.54) is 11.3 Å². The summed E-state index contributed by atoms with van der Waals surface area (Å²) in [6.45, 7) is 8.72. The first kappa shape index (κ1) is 9.25. The molecule has 0 aliphatic heterocycles. The molecule has 0 radical (unpaired) electrons. The zero-order valence-corrected chi connectivity index (χ0v) is 9.20. The molecule has 0 amide bonds. The highest BCUT2D eigenvalue weighted by Gasteiger charge is 2.18. The number of nitrogens with zero attached hydrogens (tertiary/aromatic N) is 2. The lowest BCUT2D eigenvalue weighted by Gasteiger charge is -2.19. The quantitative estimate of drug-likeness (QED) is 0.621. The molecule has 0 aliphatic carbocycles. The Morgan fingerprint density at radius 3 is 2.64 bits per heavy atom. The predicted octanol–water partition coefficient (Wildman–Crippen LogP) is 2.94. The van der Waals surface area contributed by atoms with Crippen LogP contribution in [0.25, 0.3) is 5.65 Å². The fourth-order valence-electron chi connectivity index (χ4n) is 1.72. The van der Waals surface area contributed by atoms with Crippen molar-refractivity contribution in [1.82, 2.24) is 9.38 Å². The summed E-state index contributed by atoms with van der Waals surface area (Å²) in [5, 5.41) is 0. The van der Waals surface area contributed by atoms with Gasteiger partial charge in [0.05, 0.1) is 0 Å². The summed E-state index contributed by atoms with van der Waals surface area (Å²) in [4.78, 5) is 4.45. The molecule has 0 atom stereocenters. The minimum absolute atomic E-state index is 0.153. The molecule has 2 heteroatoms. The van der Waals surface area contributed by atoms with Gasteiger partial charge in [0.15, 0.2) is 0 Å². The second kappa shape index (κ2) is 2.84. The standard InChI is InChI=1S/C12H16N2/c1-9-8-13-11-10(12(2,3)4)6-5-7-14(9)11/h5-8H,1-4H3. The number of aryl methyl sites for hydroxylation is 1. The van der Waals surface area contributed by atoms with Gasteiger partial charge in [0.2, 0.25) is 0 Å². The van der Waals surface area contributed by atoms with Gasteiger partial charge >= 0.3 is 0 Å². The third kappa shape index (κ3) is 1.31. The van der Waals surface area contributed by atoms with Crippen molar-refractivity contribution in [2.75, 3.05) is 0 Å². The number of imidazole rings is 1. The Morgan fingerprint density at radius 2 is 2.00 bits per heavy atom. The Morgan fingerprint density at radius 1 is 1.29 bits per heavy atom. The monoisotopic (exact) mass is 188 g/mol. The van der Waals surface area contributed by atoms with Crippen LogP contribution in [0.1, 0.15) is 32.0 Å². The van der Waals surface area contributed by atoms with Crippen LogP contribution in [0.5, 0.6) is 0 Å². The Hall–Kier alpha value is -1.31.